The molecule has 0 heterocycles. The van der Waals surface area contributed by atoms with E-state index in [4.69, 9.17) is 0 Å². The highest BCUT2D eigenvalue weighted by atomic mass is 19.1. The molecule has 1 N–H and O–H groups in total. The Bertz CT molecular complexity index is 679. The normalized spacial score (nSPS) is 11.1. The molecule has 0 bridgehead atoms. The summed E-state index contributed by atoms with van der Waals surface area (Å²) in [7, 11) is 0. The van der Waals surface area contributed by atoms with E-state index in [0.29, 0.717) is 16.8 Å². The Morgan fingerprint density at radius 3 is 2.45 bits per heavy atom. The van der Waals surface area contributed by atoms with Crippen molar-refractivity contribution in [1.82, 2.24) is 0 Å². The third-order valence-corrected chi connectivity index (χ3v) is 3.65. The zero-order chi connectivity index (χ0) is 16.1. The van der Waals surface area contributed by atoms with Crippen LogP contribution in [-0.4, -0.2) is 24.4 Å². The summed E-state index contributed by atoms with van der Waals surface area (Å²) >= 11 is 0. The maximum absolute atomic E-state index is 13.5. The minimum absolute atomic E-state index is 0.167. The van der Waals surface area contributed by atoms with E-state index in [1.165, 1.54) is 6.07 Å². The molecule has 0 atom stereocenters. The van der Waals surface area contributed by atoms with Crippen molar-refractivity contribution in [3.63, 3.8) is 0 Å². The molecule has 0 amide bonds. The van der Waals surface area contributed by atoms with Gasteiger partial charge in [-0.3, -0.25) is 4.99 Å². The van der Waals surface area contributed by atoms with Crippen LogP contribution in [0.3, 0.4) is 0 Å². The van der Waals surface area contributed by atoms with Crippen molar-refractivity contribution >= 4 is 17.6 Å². The molecule has 3 nitrogen and oxygen atoms in total. The SMILES string of the molecule is CCN(CC)c1ccc(C=Nc2ccc(C)c(F)c2)c(O)c1. The summed E-state index contributed by atoms with van der Waals surface area (Å²) in [6.45, 7) is 7.61. The second kappa shape index (κ2) is 7.07. The summed E-state index contributed by atoms with van der Waals surface area (Å²) < 4.78 is 13.5. The average molecular weight is 300 g/mol. The molecule has 116 valence electrons. The Balaban J connectivity index is 2.22. The van der Waals surface area contributed by atoms with E-state index in [9.17, 15) is 9.50 Å². The predicted molar refractivity (Wildman–Crippen MR) is 90.1 cm³/mol. The van der Waals surface area contributed by atoms with E-state index in [-0.39, 0.29) is 11.6 Å². The number of halogens is 1. The average Bonchev–Trinajstić information content (AvgIpc) is 2.51. The highest BCUT2D eigenvalue weighted by molar-refractivity contribution is 5.86. The molecule has 0 saturated heterocycles. The van der Waals surface area contributed by atoms with Crippen molar-refractivity contribution in [1.29, 1.82) is 0 Å². The van der Waals surface area contributed by atoms with Crippen LogP contribution in [0.25, 0.3) is 0 Å². The Kier molecular flexibility index (Phi) is 5.15. The first-order valence-electron chi connectivity index (χ1n) is 7.43. The van der Waals surface area contributed by atoms with Gasteiger partial charge in [-0.05, 0) is 50.6 Å². The molecule has 4 heteroatoms. The summed E-state index contributed by atoms with van der Waals surface area (Å²) in [5.41, 5.74) is 2.69. The van der Waals surface area contributed by atoms with Crippen LogP contribution >= 0.6 is 0 Å². The van der Waals surface area contributed by atoms with Gasteiger partial charge in [-0.25, -0.2) is 4.39 Å². The van der Waals surface area contributed by atoms with Crippen molar-refractivity contribution in [3.05, 3.63) is 53.3 Å². The van der Waals surface area contributed by atoms with E-state index in [1.54, 1.807) is 31.3 Å². The fourth-order valence-corrected chi connectivity index (χ4v) is 2.23. The van der Waals surface area contributed by atoms with Gasteiger partial charge >= 0.3 is 0 Å². The Morgan fingerprint density at radius 2 is 1.86 bits per heavy atom. The highest BCUT2D eigenvalue weighted by Crippen LogP contribution is 2.24. The maximum Gasteiger partial charge on any atom is 0.128 e. The number of anilines is 1. The van der Waals surface area contributed by atoms with E-state index in [1.807, 2.05) is 12.1 Å². The summed E-state index contributed by atoms with van der Waals surface area (Å²) in [6.07, 6.45) is 1.55. The first kappa shape index (κ1) is 16.0. The number of aryl methyl sites for hydroxylation is 1. The predicted octanol–water partition coefficient (Wildman–Crippen LogP) is 4.44. The molecule has 0 aromatic heterocycles. The Hall–Kier alpha value is -2.36. The fraction of sp³-hybridized carbons (Fsp3) is 0.278. The minimum Gasteiger partial charge on any atom is -0.507 e. The second-order valence-electron chi connectivity index (χ2n) is 5.11. The number of phenolic OH excluding ortho intramolecular Hbond substituents is 1. The smallest absolute Gasteiger partial charge is 0.128 e. The van der Waals surface area contributed by atoms with Gasteiger partial charge in [0.2, 0.25) is 0 Å². The summed E-state index contributed by atoms with van der Waals surface area (Å²) in [5.74, 6) is -0.114. The minimum atomic E-state index is -0.282. The van der Waals surface area contributed by atoms with E-state index < -0.39 is 0 Å². The lowest BCUT2D eigenvalue weighted by Crippen LogP contribution is -2.21. The van der Waals surface area contributed by atoms with Crippen molar-refractivity contribution in [3.8, 4) is 5.75 Å². The quantitative estimate of drug-likeness (QED) is 0.829. The maximum atomic E-state index is 13.5. The summed E-state index contributed by atoms with van der Waals surface area (Å²) in [5, 5.41) is 10.1. The first-order chi connectivity index (χ1) is 10.5. The zero-order valence-corrected chi connectivity index (χ0v) is 13.2. The lowest BCUT2D eigenvalue weighted by atomic mass is 10.1. The van der Waals surface area contributed by atoms with Gasteiger partial charge in [-0.15, -0.1) is 0 Å². The van der Waals surface area contributed by atoms with Gasteiger partial charge < -0.3 is 10.0 Å². The van der Waals surface area contributed by atoms with Crippen LogP contribution in [0.2, 0.25) is 0 Å². The number of benzene rings is 2. The van der Waals surface area contributed by atoms with Gasteiger partial charge in [-0.1, -0.05) is 6.07 Å². The van der Waals surface area contributed by atoms with Crippen LogP contribution in [0.1, 0.15) is 25.0 Å². The number of aliphatic imine (C=N–C) groups is 1. The molecule has 0 saturated carbocycles. The largest absolute Gasteiger partial charge is 0.507 e. The molecule has 0 aliphatic heterocycles. The van der Waals surface area contributed by atoms with Crippen LogP contribution in [0.4, 0.5) is 15.8 Å². The standard InChI is InChI=1S/C18H21FN2O/c1-4-21(5-2)16-9-7-14(18(22)11-16)12-20-15-8-6-13(3)17(19)10-15/h6-12,22H,4-5H2,1-3H3. The molecule has 0 spiro atoms. The molecule has 2 aromatic carbocycles. The van der Waals surface area contributed by atoms with Gasteiger partial charge in [0.15, 0.2) is 0 Å². The lowest BCUT2D eigenvalue weighted by molar-refractivity contribution is 0.474. The zero-order valence-electron chi connectivity index (χ0n) is 13.2. The van der Waals surface area contributed by atoms with E-state index in [0.717, 1.165) is 18.8 Å². The molecule has 2 rings (SSSR count). The fourth-order valence-electron chi connectivity index (χ4n) is 2.23. The summed E-state index contributed by atoms with van der Waals surface area (Å²) in [4.78, 5) is 6.36. The lowest BCUT2D eigenvalue weighted by Gasteiger charge is -2.21. The third-order valence-electron chi connectivity index (χ3n) is 3.65. The molecular weight excluding hydrogens is 279 g/mol. The Morgan fingerprint density at radius 1 is 1.14 bits per heavy atom. The third kappa shape index (κ3) is 3.64. The molecule has 0 unspecified atom stereocenters. The topological polar surface area (TPSA) is 35.8 Å². The van der Waals surface area contributed by atoms with Gasteiger partial charge in [0, 0.05) is 36.6 Å². The molecule has 0 aliphatic carbocycles. The van der Waals surface area contributed by atoms with Gasteiger partial charge in [-0.2, -0.15) is 0 Å². The second-order valence-corrected chi connectivity index (χ2v) is 5.11. The number of aromatic hydroxyl groups is 1. The monoisotopic (exact) mass is 300 g/mol. The molecule has 0 fully saturated rings. The molecular formula is C18H21FN2O. The number of phenols is 1. The molecule has 0 aliphatic rings. The molecule has 22 heavy (non-hydrogen) atoms. The van der Waals surface area contributed by atoms with Crippen LogP contribution < -0.4 is 4.90 Å². The van der Waals surface area contributed by atoms with Crippen molar-refractivity contribution < 1.29 is 9.50 Å². The number of hydrogen-bond acceptors (Lipinski definition) is 3. The highest BCUT2D eigenvalue weighted by Gasteiger charge is 2.05. The van der Waals surface area contributed by atoms with Crippen LogP contribution in [0, 0.1) is 12.7 Å². The molecule has 0 radical (unpaired) electrons. The first-order valence-corrected chi connectivity index (χ1v) is 7.43. The van der Waals surface area contributed by atoms with E-state index in [2.05, 4.69) is 23.7 Å². The molecule has 2 aromatic rings. The van der Waals surface area contributed by atoms with E-state index >= 15 is 0 Å². The Labute approximate surface area is 130 Å². The van der Waals surface area contributed by atoms with Gasteiger partial charge in [0.05, 0.1) is 5.69 Å². The number of hydrogen-bond donors (Lipinski definition) is 1. The van der Waals surface area contributed by atoms with Crippen molar-refractivity contribution in [2.45, 2.75) is 20.8 Å². The van der Waals surface area contributed by atoms with Gasteiger partial charge in [0.1, 0.15) is 11.6 Å². The van der Waals surface area contributed by atoms with Gasteiger partial charge in [0.25, 0.3) is 0 Å². The van der Waals surface area contributed by atoms with Crippen LogP contribution in [0.5, 0.6) is 5.75 Å². The van der Waals surface area contributed by atoms with Crippen LogP contribution in [-0.2, 0) is 0 Å². The summed E-state index contributed by atoms with van der Waals surface area (Å²) in [6, 6.07) is 10.3. The van der Waals surface area contributed by atoms with Crippen LogP contribution in [0.15, 0.2) is 41.4 Å². The van der Waals surface area contributed by atoms with Crippen molar-refractivity contribution in [2.24, 2.45) is 4.99 Å². The number of rotatable bonds is 5. The number of nitrogens with zero attached hydrogens (tertiary/aromatic N) is 2. The van der Waals surface area contributed by atoms with Crippen molar-refractivity contribution in [2.75, 3.05) is 18.0 Å².